The highest BCUT2D eigenvalue weighted by molar-refractivity contribution is 5.95. The Morgan fingerprint density at radius 3 is 2.29 bits per heavy atom. The van der Waals surface area contributed by atoms with Crippen LogP contribution in [0.4, 0.5) is 0 Å². The van der Waals surface area contributed by atoms with Crippen LogP contribution in [0.5, 0.6) is 0 Å². The number of benzene rings is 1. The summed E-state index contributed by atoms with van der Waals surface area (Å²) in [4.78, 5) is 26.9. The number of aliphatic carboxylic acids is 1. The van der Waals surface area contributed by atoms with Crippen molar-refractivity contribution in [2.75, 3.05) is 6.61 Å². The Balaban J connectivity index is 1.30. The van der Waals surface area contributed by atoms with Crippen LogP contribution in [0.1, 0.15) is 112 Å². The summed E-state index contributed by atoms with van der Waals surface area (Å²) in [6, 6.07) is 10.6. The van der Waals surface area contributed by atoms with E-state index in [0.29, 0.717) is 18.1 Å². The van der Waals surface area contributed by atoms with Gasteiger partial charge in [0.15, 0.2) is 5.78 Å². The Morgan fingerprint density at radius 1 is 0.905 bits per heavy atom. The summed E-state index contributed by atoms with van der Waals surface area (Å²) in [6.07, 6.45) is 12.0. The fourth-order valence-corrected chi connectivity index (χ4v) is 11.6. The first-order valence-electron chi connectivity index (χ1n) is 16.8. The Labute approximate surface area is 254 Å². The Morgan fingerprint density at radius 2 is 1.60 bits per heavy atom. The number of ether oxygens (including phenoxy) is 1. The molecule has 1 aromatic carbocycles. The van der Waals surface area contributed by atoms with Gasteiger partial charge >= 0.3 is 5.97 Å². The normalized spacial score (nSPS) is 46.0. The molecule has 5 aliphatic carbocycles. The van der Waals surface area contributed by atoms with Crippen molar-refractivity contribution in [1.82, 2.24) is 0 Å². The molecule has 0 saturated heterocycles. The van der Waals surface area contributed by atoms with Crippen molar-refractivity contribution in [2.45, 2.75) is 119 Å². The molecular weight excluding hydrogens is 520 g/mol. The molecule has 4 saturated carbocycles. The Bertz CT molecular complexity index is 1280. The van der Waals surface area contributed by atoms with Crippen LogP contribution in [-0.2, 0) is 20.7 Å². The van der Waals surface area contributed by atoms with Crippen LogP contribution in [0.15, 0.2) is 42.0 Å². The van der Waals surface area contributed by atoms with Gasteiger partial charge in [-0.1, -0.05) is 77.4 Å². The number of hydrogen-bond acceptors (Lipinski definition) is 3. The monoisotopic (exact) mass is 574 g/mol. The summed E-state index contributed by atoms with van der Waals surface area (Å²) in [5, 5.41) is 10.2. The van der Waals surface area contributed by atoms with E-state index >= 15 is 0 Å². The van der Waals surface area contributed by atoms with Gasteiger partial charge in [-0.3, -0.25) is 9.59 Å². The van der Waals surface area contributed by atoms with E-state index in [4.69, 9.17) is 4.74 Å². The topological polar surface area (TPSA) is 63.6 Å². The van der Waals surface area contributed by atoms with Gasteiger partial charge < -0.3 is 9.84 Å². The molecule has 4 fully saturated rings. The zero-order chi connectivity index (χ0) is 30.3. The molecule has 5 aliphatic rings. The van der Waals surface area contributed by atoms with Gasteiger partial charge in [-0.15, -0.1) is 0 Å². The van der Waals surface area contributed by atoms with Crippen molar-refractivity contribution in [3.8, 4) is 0 Å². The lowest BCUT2D eigenvalue weighted by Gasteiger charge is -2.70. The molecule has 4 nitrogen and oxygen atoms in total. The quantitative estimate of drug-likeness (QED) is 0.382. The average molecular weight is 575 g/mol. The van der Waals surface area contributed by atoms with Crippen LogP contribution in [0.2, 0.25) is 0 Å². The second-order valence-corrected chi connectivity index (χ2v) is 17.0. The first-order valence-corrected chi connectivity index (χ1v) is 16.8. The predicted molar refractivity (Wildman–Crippen MR) is 167 cm³/mol. The Hall–Kier alpha value is -1.94. The van der Waals surface area contributed by atoms with Crippen molar-refractivity contribution in [3.63, 3.8) is 0 Å². The minimum Gasteiger partial charge on any atom is -0.481 e. The van der Waals surface area contributed by atoms with Crippen molar-refractivity contribution in [1.29, 1.82) is 0 Å². The van der Waals surface area contributed by atoms with E-state index in [-0.39, 0.29) is 45.0 Å². The highest BCUT2D eigenvalue weighted by Crippen LogP contribution is 2.75. The number of allylic oxidation sites excluding steroid dienone is 2. The molecule has 0 heterocycles. The fraction of sp³-hybridized carbons (Fsp3) is 0.737. The van der Waals surface area contributed by atoms with Gasteiger partial charge in [0.2, 0.25) is 0 Å². The molecule has 6 rings (SSSR count). The summed E-state index contributed by atoms with van der Waals surface area (Å²) in [5.74, 6) is 0.245. The van der Waals surface area contributed by atoms with Gasteiger partial charge in [-0.2, -0.15) is 0 Å². The molecule has 0 aromatic heterocycles. The SMILES string of the molecule is CC1(C)C2CC[C@]3(C)C(C(=O)C=C4[C@@H]5C[C@@](C)(C(=O)O)CC[C@]5(C)CC[C@]43C)[C@@]2(C)CC[C@@H]1OCCc1ccccc1. The van der Waals surface area contributed by atoms with Crippen LogP contribution in [0.25, 0.3) is 0 Å². The molecule has 0 aliphatic heterocycles. The molecule has 0 amide bonds. The zero-order valence-corrected chi connectivity index (χ0v) is 27.2. The third-order valence-electron chi connectivity index (χ3n) is 14.6. The summed E-state index contributed by atoms with van der Waals surface area (Å²) in [5.41, 5.74) is 1.72. The minimum atomic E-state index is -0.712. The molecule has 2 unspecified atom stereocenters. The van der Waals surface area contributed by atoms with Crippen molar-refractivity contribution >= 4 is 11.8 Å². The number of carboxylic acids is 1. The van der Waals surface area contributed by atoms with E-state index in [2.05, 4.69) is 78.0 Å². The number of hydrogen-bond donors (Lipinski definition) is 1. The lowest BCUT2D eigenvalue weighted by molar-refractivity contribution is -0.209. The van der Waals surface area contributed by atoms with Crippen molar-refractivity contribution in [3.05, 3.63) is 47.5 Å². The molecule has 0 bridgehead atoms. The first kappa shape index (κ1) is 30.1. The van der Waals surface area contributed by atoms with E-state index in [1.165, 1.54) is 11.1 Å². The standard InChI is InChI=1S/C38H54O4/c1-33(2)29-13-17-38(7)31(36(29,5)16-14-30(33)42-22-15-25-11-9-8-10-12-25)28(39)23-26-27-24-35(4,32(40)41)19-18-34(27,3)20-21-37(26,38)6/h8-12,23,27,29-31H,13-22,24H2,1-7H3,(H,40,41)/t27-,29?,30-,31?,34+,35-,36-,37+,38+/m0/s1. The summed E-state index contributed by atoms with van der Waals surface area (Å²) in [6.45, 7) is 17.2. The van der Waals surface area contributed by atoms with Gasteiger partial charge in [0.25, 0.3) is 0 Å². The van der Waals surface area contributed by atoms with Crippen LogP contribution in [0, 0.1) is 50.2 Å². The van der Waals surface area contributed by atoms with Gasteiger partial charge in [-0.25, -0.2) is 0 Å². The first-order chi connectivity index (χ1) is 19.6. The number of carbonyl (C=O) groups is 2. The second-order valence-electron chi connectivity index (χ2n) is 17.0. The molecular formula is C38H54O4. The highest BCUT2D eigenvalue weighted by atomic mass is 16.5. The molecule has 1 N–H and O–H groups in total. The van der Waals surface area contributed by atoms with E-state index < -0.39 is 11.4 Å². The maximum Gasteiger partial charge on any atom is 0.309 e. The molecule has 42 heavy (non-hydrogen) atoms. The minimum absolute atomic E-state index is 0.000785. The van der Waals surface area contributed by atoms with Crippen LogP contribution < -0.4 is 0 Å². The number of rotatable bonds is 5. The number of fused-ring (bicyclic) bond motifs is 7. The third-order valence-corrected chi connectivity index (χ3v) is 14.6. The van der Waals surface area contributed by atoms with Crippen LogP contribution in [-0.4, -0.2) is 29.6 Å². The third kappa shape index (κ3) is 4.16. The lowest BCUT2D eigenvalue weighted by atomic mass is 9.33. The Kier molecular flexibility index (Phi) is 7.01. The molecule has 1 aromatic rings. The second kappa shape index (κ2) is 9.78. The molecule has 4 heteroatoms. The summed E-state index contributed by atoms with van der Waals surface area (Å²) in [7, 11) is 0. The molecule has 9 atom stereocenters. The lowest BCUT2D eigenvalue weighted by Crippen LogP contribution is -2.66. The molecule has 0 radical (unpaired) electrons. The largest absolute Gasteiger partial charge is 0.481 e. The zero-order valence-electron chi connectivity index (χ0n) is 27.2. The van der Waals surface area contributed by atoms with Gasteiger partial charge in [-0.05, 0) is 122 Å². The average Bonchev–Trinajstić information content (AvgIpc) is 2.92. The van der Waals surface area contributed by atoms with E-state index in [1.807, 2.05) is 6.92 Å². The maximum atomic E-state index is 14.6. The van der Waals surface area contributed by atoms with Gasteiger partial charge in [0.1, 0.15) is 0 Å². The highest BCUT2D eigenvalue weighted by Gasteiger charge is 2.70. The van der Waals surface area contributed by atoms with E-state index in [0.717, 1.165) is 64.4 Å². The molecule has 230 valence electrons. The van der Waals surface area contributed by atoms with E-state index in [9.17, 15) is 14.7 Å². The maximum absolute atomic E-state index is 14.6. The number of ketones is 1. The van der Waals surface area contributed by atoms with Gasteiger partial charge in [0.05, 0.1) is 18.1 Å². The summed E-state index contributed by atoms with van der Waals surface area (Å²) < 4.78 is 6.65. The number of carboxylic acid groups (broad SMARTS) is 1. The van der Waals surface area contributed by atoms with Crippen LogP contribution in [0.3, 0.4) is 0 Å². The van der Waals surface area contributed by atoms with Crippen molar-refractivity contribution in [2.24, 2.45) is 50.2 Å². The number of carbonyl (C=O) groups excluding carboxylic acids is 1. The van der Waals surface area contributed by atoms with E-state index in [1.54, 1.807) is 0 Å². The van der Waals surface area contributed by atoms with Gasteiger partial charge in [0, 0.05) is 5.92 Å². The smallest absolute Gasteiger partial charge is 0.309 e. The summed E-state index contributed by atoms with van der Waals surface area (Å²) >= 11 is 0. The predicted octanol–water partition coefficient (Wildman–Crippen LogP) is 8.68. The van der Waals surface area contributed by atoms with Crippen LogP contribution >= 0.6 is 0 Å². The van der Waals surface area contributed by atoms with Crippen molar-refractivity contribution < 1.29 is 19.4 Å². The molecule has 0 spiro atoms. The fourth-order valence-electron chi connectivity index (χ4n) is 11.6.